The number of fused-ring (bicyclic) bond motifs is 1. The van der Waals surface area contributed by atoms with E-state index in [-0.39, 0.29) is 0 Å². The van der Waals surface area contributed by atoms with E-state index in [4.69, 9.17) is 0 Å². The monoisotopic (exact) mass is 286 g/mol. The molecule has 0 amide bonds. The van der Waals surface area contributed by atoms with Crippen LogP contribution in [0.4, 0.5) is 0 Å². The SMILES string of the molecule is CCCNC1C=C(CN2CCc3nc[nH]c3C2)C=C[C@H]1C. The van der Waals surface area contributed by atoms with Crippen LogP contribution in [0.1, 0.15) is 31.7 Å². The Kier molecular flexibility index (Phi) is 4.56. The van der Waals surface area contributed by atoms with Crippen molar-refractivity contribution in [2.24, 2.45) is 5.92 Å². The Morgan fingerprint density at radius 2 is 2.38 bits per heavy atom. The van der Waals surface area contributed by atoms with Crippen LogP contribution in [0.2, 0.25) is 0 Å². The van der Waals surface area contributed by atoms with Crippen molar-refractivity contribution >= 4 is 0 Å². The Morgan fingerprint density at radius 1 is 1.48 bits per heavy atom. The third-order valence-corrected chi connectivity index (χ3v) is 4.46. The van der Waals surface area contributed by atoms with Gasteiger partial charge in [-0.2, -0.15) is 0 Å². The fraction of sp³-hybridized carbons (Fsp3) is 0.588. The van der Waals surface area contributed by atoms with E-state index in [1.807, 2.05) is 6.33 Å². The Balaban J connectivity index is 1.61. The molecule has 2 N–H and O–H groups in total. The predicted molar refractivity (Wildman–Crippen MR) is 86.0 cm³/mol. The maximum absolute atomic E-state index is 4.37. The molecule has 0 radical (unpaired) electrons. The second-order valence-corrected chi connectivity index (χ2v) is 6.23. The van der Waals surface area contributed by atoms with E-state index in [1.165, 1.54) is 23.4 Å². The highest BCUT2D eigenvalue weighted by Crippen LogP contribution is 2.20. The zero-order chi connectivity index (χ0) is 14.7. The number of hydrogen-bond donors (Lipinski definition) is 2. The van der Waals surface area contributed by atoms with Crippen molar-refractivity contribution in [3.05, 3.63) is 41.5 Å². The molecule has 1 aromatic heterocycles. The average molecular weight is 286 g/mol. The first kappa shape index (κ1) is 14.5. The van der Waals surface area contributed by atoms with Crippen LogP contribution in [0.25, 0.3) is 0 Å². The van der Waals surface area contributed by atoms with Crippen molar-refractivity contribution in [3.63, 3.8) is 0 Å². The minimum absolute atomic E-state index is 0.484. The van der Waals surface area contributed by atoms with Crippen LogP contribution < -0.4 is 5.32 Å². The van der Waals surface area contributed by atoms with Crippen LogP contribution in [0, 0.1) is 5.92 Å². The largest absolute Gasteiger partial charge is 0.347 e. The summed E-state index contributed by atoms with van der Waals surface area (Å²) in [5.74, 6) is 0.584. The lowest BCUT2D eigenvalue weighted by molar-refractivity contribution is 0.272. The van der Waals surface area contributed by atoms with Crippen molar-refractivity contribution in [3.8, 4) is 0 Å². The maximum Gasteiger partial charge on any atom is 0.0925 e. The van der Waals surface area contributed by atoms with Gasteiger partial charge in [-0.15, -0.1) is 0 Å². The van der Waals surface area contributed by atoms with Crippen LogP contribution in [0.3, 0.4) is 0 Å². The summed E-state index contributed by atoms with van der Waals surface area (Å²) in [4.78, 5) is 10.1. The highest BCUT2D eigenvalue weighted by atomic mass is 15.1. The number of nitrogens with one attached hydrogen (secondary N) is 2. The fourth-order valence-corrected chi connectivity index (χ4v) is 3.16. The van der Waals surface area contributed by atoms with Gasteiger partial charge in [0.15, 0.2) is 0 Å². The topological polar surface area (TPSA) is 44.0 Å². The van der Waals surface area contributed by atoms with Gasteiger partial charge in [0.2, 0.25) is 0 Å². The lowest BCUT2D eigenvalue weighted by Crippen LogP contribution is -2.37. The normalized spacial score (nSPS) is 25.7. The third kappa shape index (κ3) is 3.44. The van der Waals surface area contributed by atoms with Crippen LogP contribution in [0.15, 0.2) is 30.1 Å². The number of aromatic amines is 1. The van der Waals surface area contributed by atoms with E-state index in [2.05, 4.69) is 52.3 Å². The molecule has 4 nitrogen and oxygen atoms in total. The molecule has 0 spiro atoms. The van der Waals surface area contributed by atoms with E-state index in [9.17, 15) is 0 Å². The molecule has 1 aromatic rings. The standard InChI is InChI=1S/C17H26N4/c1-3-7-18-16-9-14(5-4-13(16)2)10-21-8-6-15-17(11-21)20-12-19-15/h4-5,9,12-13,16,18H,3,6-8,10-11H2,1-2H3,(H,19,20)/t13-,16?/m1/s1. The molecule has 1 aliphatic heterocycles. The summed E-state index contributed by atoms with van der Waals surface area (Å²) >= 11 is 0. The van der Waals surface area contributed by atoms with Gasteiger partial charge < -0.3 is 10.3 Å². The molecule has 1 aliphatic carbocycles. The van der Waals surface area contributed by atoms with E-state index in [0.717, 1.165) is 32.6 Å². The minimum atomic E-state index is 0.484. The molecule has 0 saturated carbocycles. The summed E-state index contributed by atoms with van der Waals surface area (Å²) in [6.07, 6.45) is 11.1. The zero-order valence-electron chi connectivity index (χ0n) is 13.1. The molecular formula is C17H26N4. The van der Waals surface area contributed by atoms with Crippen molar-refractivity contribution in [2.75, 3.05) is 19.6 Å². The molecule has 2 heterocycles. The van der Waals surface area contributed by atoms with Crippen molar-refractivity contribution in [1.82, 2.24) is 20.2 Å². The summed E-state index contributed by atoms with van der Waals surface area (Å²) in [6, 6.07) is 0.484. The molecule has 0 saturated heterocycles. The van der Waals surface area contributed by atoms with Gasteiger partial charge in [0.05, 0.1) is 17.7 Å². The van der Waals surface area contributed by atoms with Gasteiger partial charge in [-0.25, -0.2) is 4.98 Å². The first-order chi connectivity index (χ1) is 10.3. The van der Waals surface area contributed by atoms with Gasteiger partial charge in [-0.1, -0.05) is 32.1 Å². The fourth-order valence-electron chi connectivity index (χ4n) is 3.16. The van der Waals surface area contributed by atoms with Gasteiger partial charge >= 0.3 is 0 Å². The number of H-pyrrole nitrogens is 1. The van der Waals surface area contributed by atoms with Gasteiger partial charge in [0.25, 0.3) is 0 Å². The summed E-state index contributed by atoms with van der Waals surface area (Å²) < 4.78 is 0. The molecule has 114 valence electrons. The Bertz CT molecular complexity index is 529. The average Bonchev–Trinajstić information content (AvgIpc) is 2.95. The number of nitrogens with zero attached hydrogens (tertiary/aromatic N) is 2. The predicted octanol–water partition coefficient (Wildman–Crippen LogP) is 2.27. The Labute approximate surface area is 127 Å². The highest BCUT2D eigenvalue weighted by molar-refractivity contribution is 5.29. The van der Waals surface area contributed by atoms with Crippen molar-refractivity contribution < 1.29 is 0 Å². The smallest absolute Gasteiger partial charge is 0.0925 e. The minimum Gasteiger partial charge on any atom is -0.347 e. The molecule has 3 rings (SSSR count). The first-order valence-electron chi connectivity index (χ1n) is 8.12. The lowest BCUT2D eigenvalue weighted by atomic mass is 9.92. The van der Waals surface area contributed by atoms with E-state index < -0.39 is 0 Å². The van der Waals surface area contributed by atoms with Gasteiger partial charge in [-0.3, -0.25) is 4.90 Å². The van der Waals surface area contributed by atoms with Gasteiger partial charge in [0.1, 0.15) is 0 Å². The van der Waals surface area contributed by atoms with E-state index in [0.29, 0.717) is 12.0 Å². The zero-order valence-corrected chi connectivity index (χ0v) is 13.1. The summed E-state index contributed by atoms with van der Waals surface area (Å²) in [5, 5.41) is 3.64. The molecule has 4 heteroatoms. The number of aromatic nitrogens is 2. The van der Waals surface area contributed by atoms with Gasteiger partial charge in [-0.05, 0) is 24.5 Å². The second kappa shape index (κ2) is 6.58. The number of imidazole rings is 1. The second-order valence-electron chi connectivity index (χ2n) is 6.23. The summed E-state index contributed by atoms with van der Waals surface area (Å²) in [5.41, 5.74) is 3.97. The highest BCUT2D eigenvalue weighted by Gasteiger charge is 2.21. The van der Waals surface area contributed by atoms with Crippen molar-refractivity contribution in [1.29, 1.82) is 0 Å². The Hall–Kier alpha value is -1.39. The van der Waals surface area contributed by atoms with Crippen molar-refractivity contribution in [2.45, 2.75) is 39.3 Å². The quantitative estimate of drug-likeness (QED) is 0.872. The number of hydrogen-bond acceptors (Lipinski definition) is 3. The molecule has 0 bridgehead atoms. The maximum atomic E-state index is 4.37. The van der Waals surface area contributed by atoms with Crippen LogP contribution in [0.5, 0.6) is 0 Å². The molecule has 2 atom stereocenters. The summed E-state index contributed by atoms with van der Waals surface area (Å²) in [6.45, 7) is 8.72. The molecular weight excluding hydrogens is 260 g/mol. The van der Waals surface area contributed by atoms with E-state index >= 15 is 0 Å². The van der Waals surface area contributed by atoms with Crippen LogP contribution in [-0.4, -0.2) is 40.5 Å². The summed E-state index contributed by atoms with van der Waals surface area (Å²) in [7, 11) is 0. The Morgan fingerprint density at radius 3 is 3.24 bits per heavy atom. The van der Waals surface area contributed by atoms with E-state index in [1.54, 1.807) is 0 Å². The van der Waals surface area contributed by atoms with Crippen LogP contribution in [-0.2, 0) is 13.0 Å². The van der Waals surface area contributed by atoms with Gasteiger partial charge in [0, 0.05) is 32.1 Å². The first-order valence-corrected chi connectivity index (χ1v) is 8.12. The molecule has 0 aromatic carbocycles. The lowest BCUT2D eigenvalue weighted by Gasteiger charge is -2.29. The molecule has 1 unspecified atom stereocenters. The molecule has 0 fully saturated rings. The molecule has 21 heavy (non-hydrogen) atoms. The third-order valence-electron chi connectivity index (χ3n) is 4.46. The molecule has 2 aliphatic rings. The van der Waals surface area contributed by atoms with Crippen LogP contribution >= 0.6 is 0 Å². The number of rotatable bonds is 5.